The average molecular weight is 468 g/mol. The van der Waals surface area contributed by atoms with Gasteiger partial charge in [-0.25, -0.2) is 0 Å². The van der Waals surface area contributed by atoms with Gasteiger partial charge in [0.25, 0.3) is 0 Å². The fourth-order valence-electron chi connectivity index (χ4n) is 3.95. The minimum absolute atomic E-state index is 0.0423. The van der Waals surface area contributed by atoms with Crippen LogP contribution in [0.5, 0.6) is 11.5 Å². The number of carbonyl (C=O) groups is 1. The number of nitrogens with two attached hydrogens (primary N) is 1. The summed E-state index contributed by atoms with van der Waals surface area (Å²) in [6.45, 7) is 0.589. The van der Waals surface area contributed by atoms with E-state index in [2.05, 4.69) is 10.2 Å². The van der Waals surface area contributed by atoms with E-state index in [-0.39, 0.29) is 18.2 Å². The van der Waals surface area contributed by atoms with Gasteiger partial charge in [-0.1, -0.05) is 53.7 Å². The van der Waals surface area contributed by atoms with Crippen LogP contribution >= 0.6 is 23.4 Å². The Bertz CT molecular complexity index is 1170. The van der Waals surface area contributed by atoms with E-state index in [0.29, 0.717) is 24.4 Å². The molecule has 3 aromatic rings. The minimum atomic E-state index is -0.318. The van der Waals surface area contributed by atoms with Gasteiger partial charge in [0.2, 0.25) is 12.7 Å². The number of fused-ring (bicyclic) bond motifs is 2. The van der Waals surface area contributed by atoms with E-state index in [4.69, 9.17) is 26.8 Å². The zero-order chi connectivity index (χ0) is 22.1. The van der Waals surface area contributed by atoms with Gasteiger partial charge in [-0.15, -0.1) is 0 Å². The molecule has 3 aromatic carbocycles. The monoisotopic (exact) mass is 467 g/mol. The van der Waals surface area contributed by atoms with Crippen LogP contribution in [0.1, 0.15) is 17.5 Å². The van der Waals surface area contributed by atoms with E-state index in [9.17, 15) is 4.79 Å². The molecule has 1 unspecified atom stereocenters. The van der Waals surface area contributed by atoms with Crippen LogP contribution < -0.4 is 25.4 Å². The molecule has 0 spiro atoms. The number of para-hydroxylation sites is 2. The van der Waals surface area contributed by atoms with E-state index >= 15 is 0 Å². The van der Waals surface area contributed by atoms with Gasteiger partial charge in [0.1, 0.15) is 0 Å². The van der Waals surface area contributed by atoms with Gasteiger partial charge in [0.05, 0.1) is 16.4 Å². The van der Waals surface area contributed by atoms with Crippen LogP contribution in [-0.4, -0.2) is 18.2 Å². The number of thioether (sulfide) groups is 1. The summed E-state index contributed by atoms with van der Waals surface area (Å²) in [5.74, 6) is 1.42. The summed E-state index contributed by atoms with van der Waals surface area (Å²) < 4.78 is 10.8. The van der Waals surface area contributed by atoms with Crippen molar-refractivity contribution in [3.8, 4) is 11.5 Å². The largest absolute Gasteiger partial charge is 0.454 e. The van der Waals surface area contributed by atoms with Gasteiger partial charge >= 0.3 is 0 Å². The third-order valence-electron chi connectivity index (χ3n) is 5.49. The standard InChI is InChI=1S/C24H22ClN3O3S/c25-17-5-3-4-16(13-26)23(17)28-18-6-1-2-7-21(18)32-24(28)27-22(29)11-9-15-8-10-19-20(12-15)31-14-30-19/h1-8,10,12,24H,9,11,13-14,26H2,(H,27,29). The number of carbonyl (C=O) groups excluding carboxylic acids is 1. The first-order valence-electron chi connectivity index (χ1n) is 10.3. The molecular formula is C24H22ClN3O3S. The Morgan fingerprint density at radius 3 is 2.84 bits per heavy atom. The molecule has 164 valence electrons. The number of halogens is 1. The predicted molar refractivity (Wildman–Crippen MR) is 127 cm³/mol. The average Bonchev–Trinajstić information content (AvgIpc) is 3.41. The van der Waals surface area contributed by atoms with Crippen molar-refractivity contribution >= 4 is 40.6 Å². The summed E-state index contributed by atoms with van der Waals surface area (Å²) in [5.41, 5.74) is 9.47. The first kappa shape index (κ1) is 21.0. The van der Waals surface area contributed by atoms with Crippen molar-refractivity contribution in [3.63, 3.8) is 0 Å². The van der Waals surface area contributed by atoms with Crippen molar-refractivity contribution in [3.05, 3.63) is 76.8 Å². The molecule has 2 heterocycles. The summed E-state index contributed by atoms with van der Waals surface area (Å²) in [6.07, 6.45) is 0.958. The highest BCUT2D eigenvalue weighted by atomic mass is 35.5. The van der Waals surface area contributed by atoms with E-state index in [0.717, 1.165) is 38.9 Å². The first-order chi connectivity index (χ1) is 15.6. The molecule has 2 aliphatic rings. The molecule has 3 N–H and O–H groups in total. The second-order valence-corrected chi connectivity index (χ2v) is 9.04. The Balaban J connectivity index is 1.35. The number of nitrogens with one attached hydrogen (secondary N) is 1. The highest BCUT2D eigenvalue weighted by Gasteiger charge is 2.34. The Morgan fingerprint density at radius 2 is 1.97 bits per heavy atom. The van der Waals surface area contributed by atoms with Gasteiger partial charge < -0.3 is 25.4 Å². The third kappa shape index (κ3) is 3.99. The number of amides is 1. The van der Waals surface area contributed by atoms with Crippen molar-refractivity contribution in [2.75, 3.05) is 11.7 Å². The molecule has 8 heteroatoms. The van der Waals surface area contributed by atoms with Crippen LogP contribution in [0.4, 0.5) is 11.4 Å². The molecule has 1 amide bonds. The van der Waals surface area contributed by atoms with Crippen molar-refractivity contribution in [1.82, 2.24) is 5.32 Å². The molecule has 0 aromatic heterocycles. The fraction of sp³-hybridized carbons (Fsp3) is 0.208. The van der Waals surface area contributed by atoms with Gasteiger partial charge in [-0.3, -0.25) is 4.79 Å². The van der Waals surface area contributed by atoms with Crippen molar-refractivity contribution in [2.45, 2.75) is 29.8 Å². The van der Waals surface area contributed by atoms with E-state index in [1.807, 2.05) is 60.7 Å². The van der Waals surface area contributed by atoms with Crippen LogP contribution in [0.2, 0.25) is 5.02 Å². The van der Waals surface area contributed by atoms with Crippen molar-refractivity contribution < 1.29 is 14.3 Å². The van der Waals surface area contributed by atoms with E-state index in [1.54, 1.807) is 11.8 Å². The third-order valence-corrected chi connectivity index (χ3v) is 6.95. The summed E-state index contributed by atoms with van der Waals surface area (Å²) in [4.78, 5) is 16.1. The number of hydrogen-bond acceptors (Lipinski definition) is 6. The summed E-state index contributed by atoms with van der Waals surface area (Å²) in [7, 11) is 0. The SMILES string of the molecule is NCc1cccc(Cl)c1N1c2ccccc2SC1NC(=O)CCc1ccc2c(c1)OCO2. The maximum absolute atomic E-state index is 12.9. The molecule has 0 bridgehead atoms. The smallest absolute Gasteiger partial charge is 0.231 e. The van der Waals surface area contributed by atoms with Gasteiger partial charge in [-0.05, 0) is 47.9 Å². The molecule has 0 fully saturated rings. The highest BCUT2D eigenvalue weighted by Crippen LogP contribution is 2.49. The fourth-order valence-corrected chi connectivity index (χ4v) is 5.43. The lowest BCUT2D eigenvalue weighted by molar-refractivity contribution is -0.121. The summed E-state index contributed by atoms with van der Waals surface area (Å²) >= 11 is 8.19. The number of benzene rings is 3. The summed E-state index contributed by atoms with van der Waals surface area (Å²) in [6, 6.07) is 19.5. The molecule has 1 atom stereocenters. The predicted octanol–water partition coefficient (Wildman–Crippen LogP) is 4.80. The maximum atomic E-state index is 12.9. The number of ether oxygens (including phenoxy) is 2. The van der Waals surface area contributed by atoms with Crippen LogP contribution in [-0.2, 0) is 17.8 Å². The lowest BCUT2D eigenvalue weighted by Crippen LogP contribution is -2.42. The van der Waals surface area contributed by atoms with Crippen LogP contribution in [0.3, 0.4) is 0 Å². The summed E-state index contributed by atoms with van der Waals surface area (Å²) in [5, 5.41) is 3.77. The molecule has 2 aliphatic heterocycles. The number of aryl methyl sites for hydroxylation is 1. The minimum Gasteiger partial charge on any atom is -0.454 e. The molecule has 0 saturated heterocycles. The Labute approximate surface area is 195 Å². The molecule has 6 nitrogen and oxygen atoms in total. The second kappa shape index (κ2) is 8.94. The van der Waals surface area contributed by atoms with E-state index < -0.39 is 0 Å². The molecule has 5 rings (SSSR count). The first-order valence-corrected chi connectivity index (χ1v) is 11.6. The molecule has 0 aliphatic carbocycles. The van der Waals surface area contributed by atoms with Crippen LogP contribution in [0.15, 0.2) is 65.6 Å². The molecule has 0 radical (unpaired) electrons. The maximum Gasteiger partial charge on any atom is 0.231 e. The molecule has 32 heavy (non-hydrogen) atoms. The quantitative estimate of drug-likeness (QED) is 0.542. The molecule has 0 saturated carbocycles. The topological polar surface area (TPSA) is 76.8 Å². The number of nitrogens with zero attached hydrogens (tertiary/aromatic N) is 1. The lowest BCUT2D eigenvalue weighted by atomic mass is 10.1. The normalized spacial score (nSPS) is 16.2. The van der Waals surface area contributed by atoms with Gasteiger partial charge in [-0.2, -0.15) is 0 Å². The lowest BCUT2D eigenvalue weighted by Gasteiger charge is -2.30. The zero-order valence-electron chi connectivity index (χ0n) is 17.2. The van der Waals surface area contributed by atoms with Gasteiger partial charge in [0, 0.05) is 17.9 Å². The number of anilines is 2. The molecular weight excluding hydrogens is 446 g/mol. The van der Waals surface area contributed by atoms with Crippen LogP contribution in [0.25, 0.3) is 0 Å². The van der Waals surface area contributed by atoms with E-state index in [1.165, 1.54) is 0 Å². The Morgan fingerprint density at radius 1 is 1.12 bits per heavy atom. The number of rotatable bonds is 6. The van der Waals surface area contributed by atoms with Crippen molar-refractivity contribution in [1.29, 1.82) is 0 Å². The van der Waals surface area contributed by atoms with Gasteiger partial charge in [0.15, 0.2) is 17.0 Å². The second-order valence-electron chi connectivity index (χ2n) is 7.51. The Hall–Kier alpha value is -2.87. The van der Waals surface area contributed by atoms with Crippen LogP contribution in [0, 0.1) is 0 Å². The zero-order valence-corrected chi connectivity index (χ0v) is 18.8. The van der Waals surface area contributed by atoms with Crippen molar-refractivity contribution in [2.24, 2.45) is 5.73 Å². The highest BCUT2D eigenvalue weighted by molar-refractivity contribution is 8.00. The number of hydrogen-bond donors (Lipinski definition) is 2. The Kier molecular flexibility index (Phi) is 5.87.